The molecule has 1 spiro atoms. The second-order valence-electron chi connectivity index (χ2n) is 16.0. The number of nitrogens with two attached hydrogens (primary N) is 1. The van der Waals surface area contributed by atoms with Gasteiger partial charge >= 0.3 is 0 Å². The van der Waals surface area contributed by atoms with Crippen molar-refractivity contribution in [3.8, 4) is 17.0 Å². The van der Waals surface area contributed by atoms with E-state index in [2.05, 4.69) is 30.4 Å². The maximum atomic E-state index is 12.9. The summed E-state index contributed by atoms with van der Waals surface area (Å²) in [4.78, 5) is 69.5. The number of amides is 4. The van der Waals surface area contributed by atoms with E-state index in [0.29, 0.717) is 79.9 Å². The first-order valence-corrected chi connectivity index (χ1v) is 20.7. The minimum Gasteiger partial charge on any atom is -0.491 e. The van der Waals surface area contributed by atoms with Gasteiger partial charge in [0.1, 0.15) is 41.2 Å². The predicted octanol–water partition coefficient (Wildman–Crippen LogP) is 3.40. The zero-order chi connectivity index (χ0) is 41.9. The summed E-state index contributed by atoms with van der Waals surface area (Å²) in [7, 11) is 0. The number of piperidine rings is 2. The van der Waals surface area contributed by atoms with Gasteiger partial charge < -0.3 is 35.1 Å². The van der Waals surface area contributed by atoms with Gasteiger partial charge in [-0.1, -0.05) is 18.2 Å². The van der Waals surface area contributed by atoms with Crippen molar-refractivity contribution >= 4 is 46.7 Å². The summed E-state index contributed by atoms with van der Waals surface area (Å²) in [5.41, 5.74) is 10.9. The number of likely N-dealkylation sites (tertiary alicyclic amines) is 1. The standard InChI is InChI=1S/C44H48N10O7/c45-39-38-37(29-4-6-30(7-5-29)40(56)48-35-3-1-2-14-46-35)50-43(53(38)18-15-47-39)52-16-12-44(13-17-52)27-51(28-44)19-20-59-21-22-60-23-24-61-32-8-9-33-31(25-32)26-54(42(33)58)34-10-11-36(55)49-41(34)57/h1-9,14-15,18,25,34H,10-13,16-17,19-24,26-28H2,(H2,45,47)(H,46,48,56)(H,49,55,57). The molecule has 3 saturated heterocycles. The topological polar surface area (TPSA) is 199 Å². The third-order valence-electron chi connectivity index (χ3n) is 12.0. The van der Waals surface area contributed by atoms with E-state index in [1.807, 2.05) is 34.9 Å². The fourth-order valence-electron chi connectivity index (χ4n) is 8.81. The Morgan fingerprint density at radius 1 is 0.918 bits per heavy atom. The molecular weight excluding hydrogens is 781 g/mol. The van der Waals surface area contributed by atoms with Crippen molar-refractivity contribution in [1.29, 1.82) is 0 Å². The predicted molar refractivity (Wildman–Crippen MR) is 225 cm³/mol. The van der Waals surface area contributed by atoms with E-state index in [9.17, 15) is 19.2 Å². The highest BCUT2D eigenvalue weighted by atomic mass is 16.5. The third kappa shape index (κ3) is 8.49. The molecule has 3 fully saturated rings. The van der Waals surface area contributed by atoms with Crippen LogP contribution in [0.3, 0.4) is 0 Å². The van der Waals surface area contributed by atoms with Gasteiger partial charge in [0.2, 0.25) is 17.8 Å². The van der Waals surface area contributed by atoms with Gasteiger partial charge in [-0.2, -0.15) is 0 Å². The van der Waals surface area contributed by atoms with Crippen LogP contribution in [-0.4, -0.2) is 125 Å². The Hall–Kier alpha value is -6.43. The molecular formula is C44H48N10O7. The number of carbonyl (C=O) groups is 4. The number of nitrogen functional groups attached to an aromatic ring is 1. The quantitative estimate of drug-likeness (QED) is 0.103. The number of rotatable bonds is 15. The summed E-state index contributed by atoms with van der Waals surface area (Å²) in [6.07, 6.45) is 7.92. The number of nitrogens with one attached hydrogen (secondary N) is 2. The van der Waals surface area contributed by atoms with Crippen molar-refractivity contribution in [3.05, 3.63) is 95.9 Å². The zero-order valence-electron chi connectivity index (χ0n) is 33.8. The van der Waals surface area contributed by atoms with E-state index in [0.717, 1.165) is 73.9 Å². The van der Waals surface area contributed by atoms with Crippen LogP contribution in [0.2, 0.25) is 0 Å². The summed E-state index contributed by atoms with van der Waals surface area (Å²) in [6.45, 7) is 7.39. The molecule has 7 heterocycles. The van der Waals surface area contributed by atoms with Crippen LogP contribution in [0.25, 0.3) is 16.8 Å². The van der Waals surface area contributed by atoms with Gasteiger partial charge in [-0.05, 0) is 72.7 Å². The Morgan fingerprint density at radius 3 is 2.48 bits per heavy atom. The average molecular weight is 829 g/mol. The molecule has 4 N–H and O–H groups in total. The van der Waals surface area contributed by atoms with Gasteiger partial charge in [0, 0.05) is 81.0 Å². The molecule has 1 unspecified atom stereocenters. The Morgan fingerprint density at radius 2 is 1.70 bits per heavy atom. The summed E-state index contributed by atoms with van der Waals surface area (Å²) in [5, 5.41) is 5.15. The number of imidazole rings is 1. The van der Waals surface area contributed by atoms with Crippen LogP contribution in [-0.2, 0) is 25.6 Å². The molecule has 2 aromatic carbocycles. The van der Waals surface area contributed by atoms with Gasteiger partial charge in [-0.15, -0.1) is 0 Å². The molecule has 0 bridgehead atoms. The van der Waals surface area contributed by atoms with E-state index in [4.69, 9.17) is 24.9 Å². The number of fused-ring (bicyclic) bond motifs is 2. The number of pyridine rings is 1. The van der Waals surface area contributed by atoms with Gasteiger partial charge in [-0.3, -0.25) is 33.8 Å². The number of imide groups is 1. The Bertz CT molecular complexity index is 2430. The van der Waals surface area contributed by atoms with Crippen LogP contribution in [0.5, 0.6) is 5.75 Å². The smallest absolute Gasteiger partial charge is 0.256 e. The first kappa shape index (κ1) is 40.0. The molecule has 4 aliphatic rings. The normalized spacial score (nSPS) is 18.6. The number of hydrogen-bond acceptors (Lipinski definition) is 13. The maximum absolute atomic E-state index is 12.9. The van der Waals surface area contributed by atoms with Crippen molar-refractivity contribution in [2.75, 3.05) is 81.7 Å². The molecule has 3 aromatic heterocycles. The molecule has 0 saturated carbocycles. The lowest BCUT2D eigenvalue weighted by molar-refractivity contribution is -0.136. The summed E-state index contributed by atoms with van der Waals surface area (Å²) < 4.78 is 19.5. The lowest BCUT2D eigenvalue weighted by Crippen LogP contribution is -2.61. The van der Waals surface area contributed by atoms with Crippen LogP contribution in [0.4, 0.5) is 17.6 Å². The lowest BCUT2D eigenvalue weighted by atomic mass is 9.72. The molecule has 316 valence electrons. The average Bonchev–Trinajstić information content (AvgIpc) is 3.81. The van der Waals surface area contributed by atoms with Gasteiger partial charge in [-0.25, -0.2) is 15.0 Å². The number of hydrogen-bond donors (Lipinski definition) is 3. The van der Waals surface area contributed by atoms with E-state index < -0.39 is 11.9 Å². The van der Waals surface area contributed by atoms with Crippen LogP contribution >= 0.6 is 0 Å². The van der Waals surface area contributed by atoms with Crippen molar-refractivity contribution in [2.24, 2.45) is 5.41 Å². The Labute approximate surface area is 352 Å². The molecule has 1 atom stereocenters. The minimum absolute atomic E-state index is 0.207. The number of anilines is 3. The van der Waals surface area contributed by atoms with E-state index in [1.165, 1.54) is 4.90 Å². The zero-order valence-corrected chi connectivity index (χ0v) is 33.8. The van der Waals surface area contributed by atoms with E-state index in [-0.39, 0.29) is 24.1 Å². The largest absolute Gasteiger partial charge is 0.491 e. The van der Waals surface area contributed by atoms with Gasteiger partial charge in [0.25, 0.3) is 11.8 Å². The molecule has 61 heavy (non-hydrogen) atoms. The maximum Gasteiger partial charge on any atom is 0.256 e. The number of nitrogens with zero attached hydrogens (tertiary/aromatic N) is 7. The molecule has 9 rings (SSSR count). The first-order valence-electron chi connectivity index (χ1n) is 20.7. The second kappa shape index (κ2) is 17.3. The summed E-state index contributed by atoms with van der Waals surface area (Å²) in [5.74, 6) is 1.18. The van der Waals surface area contributed by atoms with Crippen molar-refractivity contribution in [3.63, 3.8) is 0 Å². The minimum atomic E-state index is -0.643. The summed E-state index contributed by atoms with van der Waals surface area (Å²) >= 11 is 0. The van der Waals surface area contributed by atoms with E-state index >= 15 is 0 Å². The number of ether oxygens (including phenoxy) is 3. The number of benzene rings is 2. The fraction of sp³-hybridized carbons (Fsp3) is 0.386. The summed E-state index contributed by atoms with van der Waals surface area (Å²) in [6, 6.07) is 17.4. The van der Waals surface area contributed by atoms with Gasteiger partial charge in [0.05, 0.1) is 26.4 Å². The first-order chi connectivity index (χ1) is 29.7. The van der Waals surface area contributed by atoms with Crippen LogP contribution < -0.4 is 26.0 Å². The van der Waals surface area contributed by atoms with Crippen LogP contribution in [0.1, 0.15) is 52.0 Å². The third-order valence-corrected chi connectivity index (χ3v) is 12.0. The Kier molecular flexibility index (Phi) is 11.3. The SMILES string of the molecule is Nc1nccn2c(N3CCC4(CC3)CN(CCOCCOCCOc3ccc5c(c3)CN(C3CCC(=O)NC3=O)C5=O)C4)nc(-c3ccc(C(=O)Nc4ccccn4)cc3)c12. The molecule has 5 aromatic rings. The highest BCUT2D eigenvalue weighted by Crippen LogP contribution is 2.42. The van der Waals surface area contributed by atoms with Crippen molar-refractivity contribution in [1.82, 2.24) is 34.5 Å². The van der Waals surface area contributed by atoms with Crippen LogP contribution in [0.15, 0.2) is 79.3 Å². The lowest BCUT2D eigenvalue weighted by Gasteiger charge is -2.54. The molecule has 4 aliphatic heterocycles. The molecule has 0 aliphatic carbocycles. The van der Waals surface area contributed by atoms with E-state index in [1.54, 1.807) is 48.8 Å². The highest BCUT2D eigenvalue weighted by molar-refractivity contribution is 6.06. The molecule has 17 heteroatoms. The Balaban J connectivity index is 0.676. The van der Waals surface area contributed by atoms with Crippen molar-refractivity contribution < 1.29 is 33.4 Å². The second-order valence-corrected chi connectivity index (χ2v) is 16.0. The number of carbonyl (C=O) groups excluding carboxylic acids is 4. The monoisotopic (exact) mass is 828 g/mol. The van der Waals surface area contributed by atoms with Crippen molar-refractivity contribution in [2.45, 2.75) is 38.3 Å². The molecule has 4 amide bonds. The molecule has 17 nitrogen and oxygen atoms in total. The highest BCUT2D eigenvalue weighted by Gasteiger charge is 2.45. The van der Waals surface area contributed by atoms with Gasteiger partial charge in [0.15, 0.2) is 0 Å². The molecule has 0 radical (unpaired) electrons. The van der Waals surface area contributed by atoms with Crippen LogP contribution in [0, 0.1) is 5.41 Å². The fourth-order valence-corrected chi connectivity index (χ4v) is 8.81. The number of aromatic nitrogens is 4.